The van der Waals surface area contributed by atoms with E-state index in [-0.39, 0.29) is 133 Å². The van der Waals surface area contributed by atoms with Gasteiger partial charge in [-0.3, -0.25) is 43.2 Å². The minimum Gasteiger partial charge on any atom is -0.356 e. The number of piperazine rings is 1. The fourth-order valence-electron chi connectivity index (χ4n) is 9.77. The van der Waals surface area contributed by atoms with Crippen LogP contribution in [0.4, 0.5) is 17.8 Å². The van der Waals surface area contributed by atoms with Crippen LogP contribution >= 0.6 is 11.8 Å². The summed E-state index contributed by atoms with van der Waals surface area (Å²) in [6.45, 7) is 24.8. The normalized spacial score (nSPS) is 12.7. The van der Waals surface area contributed by atoms with Crippen molar-refractivity contribution in [1.82, 2.24) is 62.4 Å². The molecule has 9 N–H and O–H groups in total. The second kappa shape index (κ2) is 48.4. The number of nitrogens with one attached hydrogen (secondary N) is 9. The molecular formula is C68H123N15O9S. The van der Waals surface area contributed by atoms with E-state index in [2.05, 4.69) is 95.6 Å². The summed E-state index contributed by atoms with van der Waals surface area (Å²) in [6, 6.07) is 0. The maximum absolute atomic E-state index is 13.5. The zero-order valence-corrected chi connectivity index (χ0v) is 59.7. The SMILES string of the molecule is CSCCCCCC(=O)NCCCNC(=O)CCNc1nc(N(CCC(=O)NCCCNC(=O)CCCCC(C)(C)C)CCC(=O)NCCCNC(=O)CCCCC(C)(C)C)nc(N2CCN(C(=O)CCCC(=O)NCCCCCCNC(=O)/C=C/C(C)(C)C)CC2)n1. The number of nitrogens with zero attached hydrogens (tertiary/aromatic N) is 6. The molecule has 1 aromatic heterocycles. The van der Waals surface area contributed by atoms with Crippen molar-refractivity contribution in [1.29, 1.82) is 0 Å². The minimum atomic E-state index is -0.236. The number of carbonyl (C=O) groups excluding carboxylic acids is 9. The molecule has 0 aliphatic carbocycles. The minimum absolute atomic E-state index is 0.00569. The Bertz CT molecular complexity index is 2330. The first-order chi connectivity index (χ1) is 44.2. The molecule has 93 heavy (non-hydrogen) atoms. The number of rotatable bonds is 50. The lowest BCUT2D eigenvalue weighted by molar-refractivity contribution is -0.132. The molecule has 1 fully saturated rings. The van der Waals surface area contributed by atoms with Crippen LogP contribution in [0.3, 0.4) is 0 Å². The summed E-state index contributed by atoms with van der Waals surface area (Å²) in [7, 11) is 0. The summed E-state index contributed by atoms with van der Waals surface area (Å²) in [4.78, 5) is 135. The van der Waals surface area contributed by atoms with Crippen molar-refractivity contribution in [3.63, 3.8) is 0 Å². The zero-order valence-electron chi connectivity index (χ0n) is 58.9. The van der Waals surface area contributed by atoms with Crippen LogP contribution in [0.5, 0.6) is 0 Å². The van der Waals surface area contributed by atoms with Crippen LogP contribution in [0.2, 0.25) is 0 Å². The summed E-state index contributed by atoms with van der Waals surface area (Å²) in [6.07, 6.45) is 21.9. The monoisotopic (exact) mass is 1330 g/mol. The van der Waals surface area contributed by atoms with Gasteiger partial charge in [-0.25, -0.2) is 0 Å². The van der Waals surface area contributed by atoms with Gasteiger partial charge in [0.25, 0.3) is 0 Å². The summed E-state index contributed by atoms with van der Waals surface area (Å²) in [5.41, 5.74) is 0.395. The van der Waals surface area contributed by atoms with Gasteiger partial charge in [-0.15, -0.1) is 0 Å². The molecule has 25 heteroatoms. The highest BCUT2D eigenvalue weighted by Crippen LogP contribution is 2.24. The van der Waals surface area contributed by atoms with Crippen LogP contribution in [-0.2, 0) is 43.2 Å². The molecule has 9 amide bonds. The molecule has 0 aromatic carbocycles. The fourth-order valence-corrected chi connectivity index (χ4v) is 10.3. The Hall–Kier alpha value is -6.27. The van der Waals surface area contributed by atoms with Gasteiger partial charge >= 0.3 is 0 Å². The van der Waals surface area contributed by atoms with E-state index in [1.807, 2.05) is 31.7 Å². The van der Waals surface area contributed by atoms with Gasteiger partial charge in [-0.2, -0.15) is 26.7 Å². The quantitative estimate of drug-likeness (QED) is 0.0226. The van der Waals surface area contributed by atoms with Crippen molar-refractivity contribution in [2.75, 3.05) is 125 Å². The van der Waals surface area contributed by atoms with E-state index in [1.54, 1.807) is 27.6 Å². The highest BCUT2D eigenvalue weighted by atomic mass is 32.2. The van der Waals surface area contributed by atoms with E-state index >= 15 is 0 Å². The molecule has 2 rings (SSSR count). The first-order valence-electron chi connectivity index (χ1n) is 34.8. The largest absolute Gasteiger partial charge is 0.356 e. The number of allylic oxidation sites excluding steroid dienone is 1. The lowest BCUT2D eigenvalue weighted by Gasteiger charge is -2.35. The number of hydrogen-bond acceptors (Lipinski definition) is 16. The van der Waals surface area contributed by atoms with Gasteiger partial charge in [-0.05, 0) is 111 Å². The van der Waals surface area contributed by atoms with E-state index < -0.39 is 0 Å². The average Bonchev–Trinajstić information content (AvgIpc) is 0.999. The highest BCUT2D eigenvalue weighted by molar-refractivity contribution is 7.98. The maximum atomic E-state index is 13.5. The zero-order chi connectivity index (χ0) is 68.8. The van der Waals surface area contributed by atoms with Gasteiger partial charge in [0.1, 0.15) is 0 Å². The molecule has 24 nitrogen and oxygen atoms in total. The Kier molecular flexibility index (Phi) is 43.1. The van der Waals surface area contributed by atoms with Crippen molar-refractivity contribution >= 4 is 82.8 Å². The number of anilines is 3. The Morgan fingerprint density at radius 1 is 0.430 bits per heavy atom. The molecule has 1 saturated heterocycles. The first kappa shape index (κ1) is 82.8. The van der Waals surface area contributed by atoms with Crippen molar-refractivity contribution in [3.8, 4) is 0 Å². The average molecular weight is 1330 g/mol. The first-order valence-corrected chi connectivity index (χ1v) is 36.2. The van der Waals surface area contributed by atoms with E-state index in [0.29, 0.717) is 129 Å². The van der Waals surface area contributed by atoms with Crippen LogP contribution in [0.1, 0.15) is 223 Å². The topological polar surface area (TPSA) is 310 Å². The van der Waals surface area contributed by atoms with Crippen LogP contribution < -0.4 is 57.7 Å². The molecule has 530 valence electrons. The summed E-state index contributed by atoms with van der Waals surface area (Å²) in [5, 5.41) is 26.7. The second-order valence-corrected chi connectivity index (χ2v) is 28.9. The second-order valence-electron chi connectivity index (χ2n) is 27.9. The predicted molar refractivity (Wildman–Crippen MR) is 375 cm³/mol. The Morgan fingerprint density at radius 3 is 1.29 bits per heavy atom. The summed E-state index contributed by atoms with van der Waals surface area (Å²) < 4.78 is 0. The number of thioether (sulfide) groups is 1. The third kappa shape index (κ3) is 46.5. The molecule has 0 bridgehead atoms. The Balaban J connectivity index is 2.15. The van der Waals surface area contributed by atoms with Crippen molar-refractivity contribution < 1.29 is 43.2 Å². The van der Waals surface area contributed by atoms with Crippen LogP contribution in [0.15, 0.2) is 12.2 Å². The van der Waals surface area contributed by atoms with E-state index in [1.165, 1.54) is 0 Å². The van der Waals surface area contributed by atoms with Gasteiger partial charge in [-0.1, -0.05) is 100 Å². The van der Waals surface area contributed by atoms with Crippen LogP contribution in [0.25, 0.3) is 0 Å². The lowest BCUT2D eigenvalue weighted by atomic mass is 9.89. The lowest BCUT2D eigenvalue weighted by Crippen LogP contribution is -2.49. The summed E-state index contributed by atoms with van der Waals surface area (Å²) >= 11 is 1.80. The molecule has 1 aromatic rings. The fraction of sp³-hybridized carbons (Fsp3) is 0.794. The number of amides is 9. The molecule has 1 aliphatic heterocycles. The van der Waals surface area contributed by atoms with Crippen molar-refractivity contribution in [3.05, 3.63) is 12.2 Å². The molecular weight excluding hydrogens is 1200 g/mol. The van der Waals surface area contributed by atoms with Crippen molar-refractivity contribution in [2.24, 2.45) is 16.2 Å². The van der Waals surface area contributed by atoms with Gasteiger partial charge in [0.2, 0.25) is 71.0 Å². The Morgan fingerprint density at radius 2 is 0.839 bits per heavy atom. The molecule has 0 radical (unpaired) electrons. The standard InChI is InChI=1S/C68H123N15O9S/c1-66(2,3)35-17-15-27-55(85)72-41-24-44-75-60(90)33-47-82(48-34-61(91)76-45-25-42-73-56(86)28-16-18-36-67(4,5)6)64-78-63(77-46-32-59(89)74-43-23-40-71-54(84)26-14-13-21-53-93-10)79-65(80-64)83-51-49-81(50-52-83)62(92)30-22-29-57(87)69-38-19-11-12-20-39-70-58(88)31-37-68(7,8)9/h31,37H,11-30,32-36,38-53H2,1-10H3,(H,69,87)(H,70,88)(H,71,84)(H,72,85)(H,73,86)(H,74,89)(H,75,90)(H,76,91)(H,77,78,79,80)/b37-31+. The van der Waals surface area contributed by atoms with Crippen LogP contribution in [0, 0.1) is 16.2 Å². The highest BCUT2D eigenvalue weighted by Gasteiger charge is 2.26. The van der Waals surface area contributed by atoms with E-state index in [9.17, 15) is 43.2 Å². The molecule has 0 unspecified atom stereocenters. The number of hydrogen-bond donors (Lipinski definition) is 9. The number of unbranched alkanes of at least 4 members (excludes halogenated alkanes) is 7. The molecule has 0 spiro atoms. The third-order valence-corrected chi connectivity index (χ3v) is 16.0. The van der Waals surface area contributed by atoms with Gasteiger partial charge in [0.05, 0.1) is 0 Å². The summed E-state index contributed by atoms with van der Waals surface area (Å²) in [5.74, 6) is 0.853. The van der Waals surface area contributed by atoms with E-state index in [4.69, 9.17) is 15.0 Å². The molecule has 1 aliphatic rings. The number of carbonyl (C=O) groups is 9. The Labute approximate surface area is 562 Å². The van der Waals surface area contributed by atoms with Crippen LogP contribution in [-0.4, -0.2) is 183 Å². The van der Waals surface area contributed by atoms with Gasteiger partial charge in [0.15, 0.2) is 0 Å². The molecule has 0 atom stereocenters. The smallest absolute Gasteiger partial charge is 0.243 e. The van der Waals surface area contributed by atoms with E-state index in [0.717, 1.165) is 89.2 Å². The molecule has 0 saturated carbocycles. The van der Waals surface area contributed by atoms with Gasteiger partial charge in [0, 0.05) is 150 Å². The molecule has 2 heterocycles. The van der Waals surface area contributed by atoms with Gasteiger partial charge < -0.3 is 62.6 Å². The van der Waals surface area contributed by atoms with Crippen molar-refractivity contribution in [2.45, 2.75) is 223 Å². The number of aromatic nitrogens is 3. The predicted octanol–water partition coefficient (Wildman–Crippen LogP) is 7.48. The third-order valence-electron chi connectivity index (χ3n) is 15.3. The maximum Gasteiger partial charge on any atom is 0.243 e.